The van der Waals surface area contributed by atoms with Crippen LogP contribution >= 0.6 is 0 Å². The van der Waals surface area contributed by atoms with Crippen LogP contribution in [0.1, 0.15) is 0 Å². The summed E-state index contributed by atoms with van der Waals surface area (Å²) in [4.78, 5) is 17.1. The molecule has 0 aliphatic rings. The highest BCUT2D eigenvalue weighted by Crippen LogP contribution is 2.41. The number of hydrogen-bond donors (Lipinski definition) is 0. The van der Waals surface area contributed by atoms with Gasteiger partial charge in [0.05, 0.1) is 0 Å². The minimum absolute atomic E-state index is 0.587. The van der Waals surface area contributed by atoms with Gasteiger partial charge in [-0.05, 0) is 76.9 Å². The average molecular weight is 719 g/mol. The molecule has 10 aromatic rings. The fourth-order valence-electron chi connectivity index (χ4n) is 7.34. The van der Waals surface area contributed by atoms with Crippen molar-refractivity contribution in [3.8, 4) is 56.4 Å². The van der Waals surface area contributed by atoms with Gasteiger partial charge >= 0.3 is 0 Å². The Labute approximate surface area is 324 Å². The molecule has 5 heteroatoms. The Morgan fingerprint density at radius 2 is 0.732 bits per heavy atom. The lowest BCUT2D eigenvalue weighted by Gasteiger charge is -2.26. The van der Waals surface area contributed by atoms with Crippen LogP contribution in [0.3, 0.4) is 0 Å². The largest absolute Gasteiger partial charge is 0.456 e. The van der Waals surface area contributed by atoms with E-state index < -0.39 is 0 Å². The average Bonchev–Trinajstić information content (AvgIpc) is 3.65. The molecule has 5 nitrogen and oxygen atoms in total. The van der Waals surface area contributed by atoms with E-state index >= 15 is 0 Å². The highest BCUT2D eigenvalue weighted by molar-refractivity contribution is 6.07. The number of hydrogen-bond acceptors (Lipinski definition) is 5. The van der Waals surface area contributed by atoms with E-state index in [-0.39, 0.29) is 0 Å². The number of furan rings is 1. The molecule has 10 rings (SSSR count). The highest BCUT2D eigenvalue weighted by atomic mass is 16.3. The van der Waals surface area contributed by atoms with E-state index in [4.69, 9.17) is 19.4 Å². The predicted molar refractivity (Wildman–Crippen MR) is 229 cm³/mol. The van der Waals surface area contributed by atoms with E-state index in [1.807, 2.05) is 66.7 Å². The van der Waals surface area contributed by atoms with Crippen molar-refractivity contribution in [2.24, 2.45) is 0 Å². The molecule has 264 valence electrons. The standard InChI is InChI=1S/C51H34N4O/c1-5-15-35(16-6-1)39-23-13-25-42(31-39)55(43-26-14-24-40(32-43)36-17-7-2-8-18-36)44-28-30-47-46(34-44)45-29-27-41(33-48(45)56-47)51-53-49(37-19-9-3-10-20-37)52-50(54-51)38-21-11-4-12-22-38/h1-34H. The van der Waals surface area contributed by atoms with Crippen molar-refractivity contribution < 1.29 is 4.42 Å². The van der Waals surface area contributed by atoms with Crippen molar-refractivity contribution in [1.82, 2.24) is 15.0 Å². The van der Waals surface area contributed by atoms with Crippen LogP contribution in [0.2, 0.25) is 0 Å². The fourth-order valence-corrected chi connectivity index (χ4v) is 7.34. The summed E-state index contributed by atoms with van der Waals surface area (Å²) >= 11 is 0. The quantitative estimate of drug-likeness (QED) is 0.157. The summed E-state index contributed by atoms with van der Waals surface area (Å²) in [6, 6.07) is 71.2. The van der Waals surface area contributed by atoms with E-state index in [0.29, 0.717) is 17.5 Å². The van der Waals surface area contributed by atoms with Crippen molar-refractivity contribution in [3.05, 3.63) is 206 Å². The lowest BCUT2D eigenvalue weighted by molar-refractivity contribution is 0.669. The third-order valence-corrected chi connectivity index (χ3v) is 10.1. The van der Waals surface area contributed by atoms with Gasteiger partial charge in [0.2, 0.25) is 0 Å². The summed E-state index contributed by atoms with van der Waals surface area (Å²) in [6.07, 6.45) is 0. The second-order valence-corrected chi connectivity index (χ2v) is 13.7. The molecular weight excluding hydrogens is 685 g/mol. The van der Waals surface area contributed by atoms with Crippen molar-refractivity contribution in [3.63, 3.8) is 0 Å². The molecule has 0 aliphatic heterocycles. The fraction of sp³-hybridized carbons (Fsp3) is 0. The van der Waals surface area contributed by atoms with Gasteiger partial charge in [0.25, 0.3) is 0 Å². The molecule has 0 radical (unpaired) electrons. The summed E-state index contributed by atoms with van der Waals surface area (Å²) in [5.74, 6) is 1.83. The second kappa shape index (κ2) is 14.3. The highest BCUT2D eigenvalue weighted by Gasteiger charge is 2.19. The molecule has 0 amide bonds. The Morgan fingerprint density at radius 3 is 1.25 bits per heavy atom. The number of nitrogens with zero attached hydrogens (tertiary/aromatic N) is 4. The Morgan fingerprint density at radius 1 is 0.286 bits per heavy atom. The molecule has 0 saturated carbocycles. The first-order chi connectivity index (χ1) is 27.7. The van der Waals surface area contributed by atoms with Crippen LogP contribution in [0.15, 0.2) is 211 Å². The zero-order valence-corrected chi connectivity index (χ0v) is 30.3. The third-order valence-electron chi connectivity index (χ3n) is 10.1. The molecule has 2 heterocycles. The van der Waals surface area contributed by atoms with Crippen molar-refractivity contribution >= 4 is 39.0 Å². The monoisotopic (exact) mass is 718 g/mol. The van der Waals surface area contributed by atoms with Crippen LogP contribution in [0.5, 0.6) is 0 Å². The Balaban J connectivity index is 1.09. The molecule has 0 fully saturated rings. The molecule has 56 heavy (non-hydrogen) atoms. The van der Waals surface area contributed by atoms with Crippen LogP contribution in [0.25, 0.3) is 78.4 Å². The number of anilines is 3. The van der Waals surface area contributed by atoms with Gasteiger partial charge in [-0.15, -0.1) is 0 Å². The molecule has 0 bridgehead atoms. The van der Waals surface area contributed by atoms with E-state index in [1.165, 1.54) is 11.1 Å². The molecule has 0 spiro atoms. The Kier molecular flexibility index (Phi) is 8.43. The summed E-state index contributed by atoms with van der Waals surface area (Å²) in [7, 11) is 0. The minimum Gasteiger partial charge on any atom is -0.456 e. The number of rotatable bonds is 8. The topological polar surface area (TPSA) is 55.1 Å². The molecule has 2 aromatic heterocycles. The molecular formula is C51H34N4O. The minimum atomic E-state index is 0.587. The maximum absolute atomic E-state index is 6.55. The van der Waals surface area contributed by atoms with E-state index in [2.05, 4.69) is 144 Å². The van der Waals surface area contributed by atoms with E-state index in [9.17, 15) is 0 Å². The molecule has 8 aromatic carbocycles. The van der Waals surface area contributed by atoms with Gasteiger partial charge in [0, 0.05) is 44.5 Å². The van der Waals surface area contributed by atoms with Gasteiger partial charge in [0.15, 0.2) is 17.5 Å². The summed E-state index contributed by atoms with van der Waals surface area (Å²) < 4.78 is 6.55. The number of benzene rings is 8. The number of aromatic nitrogens is 3. The molecule has 0 saturated heterocycles. The van der Waals surface area contributed by atoms with Crippen LogP contribution in [-0.2, 0) is 0 Å². The van der Waals surface area contributed by atoms with Crippen LogP contribution in [0.4, 0.5) is 17.1 Å². The van der Waals surface area contributed by atoms with Gasteiger partial charge in [-0.25, -0.2) is 15.0 Å². The van der Waals surface area contributed by atoms with Gasteiger partial charge in [-0.1, -0.05) is 152 Å². The van der Waals surface area contributed by atoms with Crippen molar-refractivity contribution in [2.75, 3.05) is 4.90 Å². The summed E-state index contributed by atoms with van der Waals surface area (Å²) in [5, 5.41) is 2.04. The van der Waals surface area contributed by atoms with Gasteiger partial charge in [-0.2, -0.15) is 0 Å². The smallest absolute Gasteiger partial charge is 0.164 e. The second-order valence-electron chi connectivity index (χ2n) is 13.7. The maximum Gasteiger partial charge on any atom is 0.164 e. The number of fused-ring (bicyclic) bond motifs is 3. The normalized spacial score (nSPS) is 11.2. The zero-order valence-electron chi connectivity index (χ0n) is 30.3. The van der Waals surface area contributed by atoms with Gasteiger partial charge < -0.3 is 9.32 Å². The molecule has 0 unspecified atom stereocenters. The van der Waals surface area contributed by atoms with Gasteiger partial charge in [-0.3, -0.25) is 0 Å². The third kappa shape index (κ3) is 6.37. The van der Waals surface area contributed by atoms with Crippen molar-refractivity contribution in [2.45, 2.75) is 0 Å². The van der Waals surface area contributed by atoms with Gasteiger partial charge in [0.1, 0.15) is 11.2 Å². The molecule has 0 atom stereocenters. The Hall–Kier alpha value is -7.63. The predicted octanol–water partition coefficient (Wildman–Crippen LogP) is 13.6. The Bertz CT molecular complexity index is 2820. The van der Waals surface area contributed by atoms with E-state index in [1.54, 1.807) is 0 Å². The molecule has 0 aliphatic carbocycles. The maximum atomic E-state index is 6.55. The SMILES string of the molecule is c1ccc(-c2cccc(N(c3cccc(-c4ccccc4)c3)c3ccc4oc5cc(-c6nc(-c7ccccc7)nc(-c7ccccc7)n6)ccc5c4c3)c2)cc1. The lowest BCUT2D eigenvalue weighted by atomic mass is 10.0. The van der Waals surface area contributed by atoms with Crippen molar-refractivity contribution in [1.29, 1.82) is 0 Å². The molecule has 0 N–H and O–H groups in total. The van der Waals surface area contributed by atoms with Crippen LogP contribution in [0, 0.1) is 0 Å². The first kappa shape index (κ1) is 33.0. The lowest BCUT2D eigenvalue weighted by Crippen LogP contribution is -2.10. The summed E-state index contributed by atoms with van der Waals surface area (Å²) in [6.45, 7) is 0. The first-order valence-electron chi connectivity index (χ1n) is 18.7. The first-order valence-corrected chi connectivity index (χ1v) is 18.7. The summed E-state index contributed by atoms with van der Waals surface area (Å²) in [5.41, 5.74) is 12.1. The van der Waals surface area contributed by atoms with Crippen LogP contribution < -0.4 is 4.90 Å². The van der Waals surface area contributed by atoms with E-state index in [0.717, 1.165) is 66.8 Å². The van der Waals surface area contributed by atoms with Crippen LogP contribution in [-0.4, -0.2) is 15.0 Å². The zero-order chi connectivity index (χ0) is 37.3.